The maximum absolute atomic E-state index is 13.1. The van der Waals surface area contributed by atoms with Crippen molar-refractivity contribution < 1.29 is 22.7 Å². The van der Waals surface area contributed by atoms with Gasteiger partial charge in [0.2, 0.25) is 15.9 Å². The highest BCUT2D eigenvalue weighted by molar-refractivity contribution is 7.88. The van der Waals surface area contributed by atoms with Gasteiger partial charge in [-0.2, -0.15) is 4.31 Å². The van der Waals surface area contributed by atoms with Crippen molar-refractivity contribution in [3.8, 4) is 11.5 Å². The average Bonchev–Trinajstić information content (AvgIpc) is 2.70. The van der Waals surface area contributed by atoms with Crippen molar-refractivity contribution in [3.63, 3.8) is 0 Å². The van der Waals surface area contributed by atoms with Gasteiger partial charge >= 0.3 is 0 Å². The fourth-order valence-electron chi connectivity index (χ4n) is 3.07. The molecule has 8 heteroatoms. The summed E-state index contributed by atoms with van der Waals surface area (Å²) in [6.07, 6.45) is 1.08. The molecule has 2 aromatic carbocycles. The average molecular weight is 435 g/mol. The lowest BCUT2D eigenvalue weighted by Crippen LogP contribution is -2.42. The van der Waals surface area contributed by atoms with E-state index in [4.69, 9.17) is 9.47 Å². The van der Waals surface area contributed by atoms with Crippen LogP contribution in [0.1, 0.15) is 44.0 Å². The maximum Gasteiger partial charge on any atom is 0.243 e. The zero-order valence-corrected chi connectivity index (χ0v) is 18.9. The molecule has 1 amide bonds. The van der Waals surface area contributed by atoms with Gasteiger partial charge in [-0.05, 0) is 44.0 Å². The van der Waals surface area contributed by atoms with Crippen molar-refractivity contribution in [1.29, 1.82) is 0 Å². The molecule has 0 aliphatic heterocycles. The summed E-state index contributed by atoms with van der Waals surface area (Å²) >= 11 is 0. The largest absolute Gasteiger partial charge is 0.490 e. The van der Waals surface area contributed by atoms with Crippen LogP contribution in [0.15, 0.2) is 48.5 Å². The SMILES string of the molecule is CCOc1ccc(C(C)NC(=O)C(c2ccccc2)N(C)S(C)(=O)=O)cc1OCC. The molecule has 0 aliphatic rings. The molecule has 0 heterocycles. The summed E-state index contributed by atoms with van der Waals surface area (Å²) in [7, 11) is -2.18. The van der Waals surface area contributed by atoms with Gasteiger partial charge in [-0.3, -0.25) is 4.79 Å². The van der Waals surface area contributed by atoms with E-state index in [-0.39, 0.29) is 6.04 Å². The molecule has 2 atom stereocenters. The minimum Gasteiger partial charge on any atom is -0.490 e. The van der Waals surface area contributed by atoms with Crippen LogP contribution in [0.4, 0.5) is 0 Å². The Hall–Kier alpha value is -2.58. The smallest absolute Gasteiger partial charge is 0.243 e. The van der Waals surface area contributed by atoms with Crippen molar-refractivity contribution in [2.75, 3.05) is 26.5 Å². The summed E-state index contributed by atoms with van der Waals surface area (Å²) in [6.45, 7) is 6.63. The number of likely N-dealkylation sites (N-methyl/N-ethyl adjacent to an activating group) is 1. The van der Waals surface area contributed by atoms with Crippen LogP contribution < -0.4 is 14.8 Å². The van der Waals surface area contributed by atoms with Gasteiger partial charge in [0.25, 0.3) is 0 Å². The third-order valence-corrected chi connectivity index (χ3v) is 5.93. The molecule has 0 saturated heterocycles. The highest BCUT2D eigenvalue weighted by Gasteiger charge is 2.31. The number of rotatable bonds is 10. The molecule has 0 saturated carbocycles. The van der Waals surface area contributed by atoms with Crippen LogP contribution in [0.5, 0.6) is 11.5 Å². The number of carbonyl (C=O) groups is 1. The summed E-state index contributed by atoms with van der Waals surface area (Å²) in [5.41, 5.74) is 1.42. The van der Waals surface area contributed by atoms with Crippen molar-refractivity contribution in [2.24, 2.45) is 0 Å². The number of carbonyl (C=O) groups excluding carboxylic acids is 1. The van der Waals surface area contributed by atoms with E-state index in [2.05, 4.69) is 5.32 Å². The van der Waals surface area contributed by atoms with Gasteiger partial charge in [0.1, 0.15) is 6.04 Å². The highest BCUT2D eigenvalue weighted by Crippen LogP contribution is 2.31. The Kier molecular flexibility index (Phi) is 8.25. The molecule has 2 rings (SSSR count). The predicted molar refractivity (Wildman–Crippen MR) is 117 cm³/mol. The first-order valence-electron chi connectivity index (χ1n) is 9.86. The molecule has 0 aromatic heterocycles. The molecule has 1 N–H and O–H groups in total. The Labute approximate surface area is 179 Å². The summed E-state index contributed by atoms with van der Waals surface area (Å²) in [5.74, 6) is 0.833. The second-order valence-corrected chi connectivity index (χ2v) is 8.94. The molecule has 2 unspecified atom stereocenters. The van der Waals surface area contributed by atoms with Gasteiger partial charge in [0.05, 0.1) is 25.5 Å². The van der Waals surface area contributed by atoms with Crippen LogP contribution in [0.3, 0.4) is 0 Å². The normalized spacial score (nSPS) is 13.5. The minimum atomic E-state index is -3.59. The van der Waals surface area contributed by atoms with E-state index in [9.17, 15) is 13.2 Å². The van der Waals surface area contributed by atoms with Crippen LogP contribution in [-0.2, 0) is 14.8 Å². The number of amides is 1. The van der Waals surface area contributed by atoms with Crippen molar-refractivity contribution in [1.82, 2.24) is 9.62 Å². The monoisotopic (exact) mass is 434 g/mol. The summed E-state index contributed by atoms with van der Waals surface area (Å²) in [6, 6.07) is 13.0. The molecule has 0 spiro atoms. The fraction of sp³-hybridized carbons (Fsp3) is 0.409. The van der Waals surface area contributed by atoms with E-state index in [1.807, 2.05) is 45.0 Å². The lowest BCUT2D eigenvalue weighted by atomic mass is 10.0. The third-order valence-electron chi connectivity index (χ3n) is 4.68. The van der Waals surface area contributed by atoms with Crippen molar-refractivity contribution >= 4 is 15.9 Å². The van der Waals surface area contributed by atoms with E-state index < -0.39 is 22.0 Å². The first kappa shape index (κ1) is 23.7. The van der Waals surface area contributed by atoms with Gasteiger partial charge < -0.3 is 14.8 Å². The van der Waals surface area contributed by atoms with Crippen molar-refractivity contribution in [3.05, 3.63) is 59.7 Å². The number of hydrogen-bond donors (Lipinski definition) is 1. The lowest BCUT2D eigenvalue weighted by Gasteiger charge is -2.27. The quantitative estimate of drug-likeness (QED) is 0.620. The molecule has 7 nitrogen and oxygen atoms in total. The molecule has 0 aliphatic carbocycles. The number of benzene rings is 2. The molecular weight excluding hydrogens is 404 g/mol. The Morgan fingerprint density at radius 1 is 1.00 bits per heavy atom. The number of nitrogens with one attached hydrogen (secondary N) is 1. The standard InChI is InChI=1S/C22H30N2O5S/c1-6-28-19-14-13-18(15-20(19)29-7-2)16(3)23-22(25)21(24(4)30(5,26)27)17-11-9-8-10-12-17/h8-16,21H,6-7H2,1-5H3,(H,23,25). The first-order chi connectivity index (χ1) is 14.2. The fourth-order valence-corrected chi connectivity index (χ4v) is 3.67. The van der Waals surface area contributed by atoms with Crippen LogP contribution in [0.2, 0.25) is 0 Å². The Morgan fingerprint density at radius 2 is 1.60 bits per heavy atom. The van der Waals surface area contributed by atoms with E-state index in [1.54, 1.807) is 24.3 Å². The maximum atomic E-state index is 13.1. The number of ether oxygens (including phenoxy) is 2. The topological polar surface area (TPSA) is 84.9 Å². The van der Waals surface area contributed by atoms with E-state index >= 15 is 0 Å². The Bertz CT molecular complexity index is 947. The molecule has 164 valence electrons. The second-order valence-electron chi connectivity index (χ2n) is 6.89. The Balaban J connectivity index is 2.30. The molecule has 0 fully saturated rings. The lowest BCUT2D eigenvalue weighted by molar-refractivity contribution is -0.125. The van der Waals surface area contributed by atoms with E-state index in [0.29, 0.717) is 30.3 Å². The van der Waals surface area contributed by atoms with Crippen LogP contribution >= 0.6 is 0 Å². The summed E-state index contributed by atoms with van der Waals surface area (Å²) < 4.78 is 36.6. The third kappa shape index (κ3) is 5.96. The predicted octanol–water partition coefficient (Wildman–Crippen LogP) is 3.29. The van der Waals surface area contributed by atoms with Gasteiger partial charge in [-0.25, -0.2) is 8.42 Å². The highest BCUT2D eigenvalue weighted by atomic mass is 32.2. The summed E-state index contributed by atoms with van der Waals surface area (Å²) in [5, 5.41) is 2.93. The van der Waals surface area contributed by atoms with Gasteiger partial charge in [0, 0.05) is 7.05 Å². The number of sulfonamides is 1. The summed E-state index contributed by atoms with van der Waals surface area (Å²) in [4.78, 5) is 13.1. The molecular formula is C22H30N2O5S. The second kappa shape index (κ2) is 10.4. The molecule has 0 radical (unpaired) electrons. The van der Waals surface area contributed by atoms with Gasteiger partial charge in [0.15, 0.2) is 11.5 Å². The number of hydrogen-bond acceptors (Lipinski definition) is 5. The molecule has 2 aromatic rings. The van der Waals surface area contributed by atoms with Gasteiger partial charge in [-0.1, -0.05) is 36.4 Å². The van der Waals surface area contributed by atoms with E-state index in [0.717, 1.165) is 16.1 Å². The molecule has 0 bridgehead atoms. The van der Waals surface area contributed by atoms with Crippen LogP contribution in [0, 0.1) is 0 Å². The van der Waals surface area contributed by atoms with Crippen LogP contribution in [0.25, 0.3) is 0 Å². The van der Waals surface area contributed by atoms with Crippen LogP contribution in [-0.4, -0.2) is 45.1 Å². The zero-order valence-electron chi connectivity index (χ0n) is 18.1. The first-order valence-corrected chi connectivity index (χ1v) is 11.7. The zero-order chi connectivity index (χ0) is 22.3. The van der Waals surface area contributed by atoms with E-state index in [1.165, 1.54) is 7.05 Å². The minimum absolute atomic E-state index is 0.369. The number of nitrogens with zero attached hydrogens (tertiary/aromatic N) is 1. The molecule has 30 heavy (non-hydrogen) atoms. The van der Waals surface area contributed by atoms with Gasteiger partial charge in [-0.15, -0.1) is 0 Å². The Morgan fingerprint density at radius 3 is 2.17 bits per heavy atom. The van der Waals surface area contributed by atoms with Crippen molar-refractivity contribution in [2.45, 2.75) is 32.9 Å².